The van der Waals surface area contributed by atoms with E-state index in [-0.39, 0.29) is 23.7 Å². The van der Waals surface area contributed by atoms with Crippen LogP contribution in [0.2, 0.25) is 0 Å². The highest BCUT2D eigenvalue weighted by Crippen LogP contribution is 2.32. The van der Waals surface area contributed by atoms with Crippen LogP contribution < -0.4 is 0 Å². The number of carbonyl (C=O) groups excluding carboxylic acids is 1. The van der Waals surface area contributed by atoms with Crippen LogP contribution in [0.15, 0.2) is 0 Å². The molecule has 34 heavy (non-hydrogen) atoms. The van der Waals surface area contributed by atoms with Crippen molar-refractivity contribution in [2.24, 2.45) is 11.8 Å². The second-order valence-corrected chi connectivity index (χ2v) is 10.6. The smallest absolute Gasteiger partial charge is 0.168 e. The maximum absolute atomic E-state index is 13.3. The third-order valence-electron chi connectivity index (χ3n) is 7.59. The number of carbonyl (C=O) groups is 1. The van der Waals surface area contributed by atoms with Gasteiger partial charge in [0.1, 0.15) is 0 Å². The fraction of sp³-hybridized carbons (Fsp3) is 0.867. The van der Waals surface area contributed by atoms with Crippen molar-refractivity contribution in [1.29, 1.82) is 5.26 Å². The quantitative estimate of drug-likeness (QED) is 0.238. The maximum atomic E-state index is 13.3. The van der Waals surface area contributed by atoms with Gasteiger partial charge in [0, 0.05) is 24.9 Å². The number of ketones is 1. The van der Waals surface area contributed by atoms with Crippen LogP contribution in [0.5, 0.6) is 0 Å². The standard InChI is InChI=1S/C30H51NO3/c1-2-3-4-5-6-7-10-17-26(24-31)18-13-14-22-29(32)30-27-19-11-8-9-12-20-28(34-30)21-15-16-23-33-25-27/h26-28H,1-23,25H2. The van der Waals surface area contributed by atoms with Crippen molar-refractivity contribution in [3.8, 4) is 6.07 Å². The van der Waals surface area contributed by atoms with E-state index in [1.807, 2.05) is 0 Å². The van der Waals surface area contributed by atoms with E-state index in [0.29, 0.717) is 19.1 Å². The Kier molecular flexibility index (Phi) is 16.6. The van der Waals surface area contributed by atoms with Crippen molar-refractivity contribution in [2.75, 3.05) is 13.2 Å². The molecule has 0 spiro atoms. The van der Waals surface area contributed by atoms with Gasteiger partial charge in [-0.15, -0.1) is 0 Å². The molecule has 2 aliphatic rings. The fourth-order valence-corrected chi connectivity index (χ4v) is 5.39. The summed E-state index contributed by atoms with van der Waals surface area (Å²) in [6, 6.07) is 2.50. The van der Waals surface area contributed by atoms with Crippen LogP contribution in [-0.4, -0.2) is 25.1 Å². The number of hydrogen-bond acceptors (Lipinski definition) is 4. The summed E-state index contributed by atoms with van der Waals surface area (Å²) in [6.45, 7) is 5.32. The monoisotopic (exact) mass is 473 g/mol. The van der Waals surface area contributed by atoms with Crippen LogP contribution in [0.4, 0.5) is 0 Å². The zero-order valence-corrected chi connectivity index (χ0v) is 21.9. The Balaban J connectivity index is 1.74. The van der Waals surface area contributed by atoms with Crippen LogP contribution in [0.3, 0.4) is 0 Å². The second-order valence-electron chi connectivity index (χ2n) is 10.6. The molecule has 2 rings (SSSR count). The number of fused-ring (bicyclic) bond motifs is 3. The lowest BCUT2D eigenvalue weighted by atomic mass is 9.89. The first kappa shape index (κ1) is 29.3. The van der Waals surface area contributed by atoms with Crippen molar-refractivity contribution < 1.29 is 14.3 Å². The molecule has 0 N–H and O–H groups in total. The summed E-state index contributed by atoms with van der Waals surface area (Å²) < 4.78 is 12.4. The lowest BCUT2D eigenvalue weighted by Crippen LogP contribution is -2.33. The van der Waals surface area contributed by atoms with Gasteiger partial charge in [0.25, 0.3) is 0 Å². The summed E-state index contributed by atoms with van der Waals surface area (Å²) in [5.41, 5.74) is 0. The molecule has 2 aliphatic heterocycles. The summed E-state index contributed by atoms with van der Waals surface area (Å²) in [5, 5.41) is 9.54. The van der Waals surface area contributed by atoms with E-state index in [1.54, 1.807) is 0 Å². The Morgan fingerprint density at radius 1 is 0.882 bits per heavy atom. The van der Waals surface area contributed by atoms with Gasteiger partial charge in [-0.1, -0.05) is 84.0 Å². The molecule has 3 atom stereocenters. The van der Waals surface area contributed by atoms with E-state index in [1.165, 1.54) is 51.4 Å². The largest absolute Gasteiger partial charge is 0.381 e. The van der Waals surface area contributed by atoms with Gasteiger partial charge in [-0.3, -0.25) is 4.79 Å². The van der Waals surface area contributed by atoms with Gasteiger partial charge >= 0.3 is 0 Å². The molecule has 4 nitrogen and oxygen atoms in total. The van der Waals surface area contributed by atoms with Crippen LogP contribution in [0.25, 0.3) is 0 Å². The molecule has 2 fully saturated rings. The molecule has 4 heteroatoms. The van der Waals surface area contributed by atoms with Crippen LogP contribution in [0.1, 0.15) is 135 Å². The molecule has 0 aromatic heterocycles. The van der Waals surface area contributed by atoms with Gasteiger partial charge < -0.3 is 9.47 Å². The Labute approximate surface area is 210 Å². The molecular weight excluding hydrogens is 422 g/mol. The zero-order chi connectivity index (χ0) is 24.3. The highest BCUT2D eigenvalue weighted by Gasteiger charge is 2.33. The highest BCUT2D eigenvalue weighted by atomic mass is 16.5. The summed E-state index contributed by atoms with van der Waals surface area (Å²) in [6.07, 6.45) is 23.9. The Morgan fingerprint density at radius 3 is 2.26 bits per heavy atom. The van der Waals surface area contributed by atoms with Crippen LogP contribution in [-0.2, 0) is 14.3 Å². The predicted molar refractivity (Wildman–Crippen MR) is 139 cm³/mol. The van der Waals surface area contributed by atoms with Gasteiger partial charge in [0.05, 0.1) is 18.8 Å². The van der Waals surface area contributed by atoms with E-state index < -0.39 is 0 Å². The minimum Gasteiger partial charge on any atom is -0.381 e. The number of nitriles is 1. The molecule has 0 aliphatic carbocycles. The molecule has 0 amide bonds. The number of Topliss-reactive ketones (excluding diaryl/α,β-unsaturated/α-hetero) is 1. The van der Waals surface area contributed by atoms with Crippen LogP contribution >= 0.6 is 0 Å². The molecule has 0 saturated carbocycles. The molecule has 194 valence electrons. The van der Waals surface area contributed by atoms with Gasteiger partial charge in [-0.25, -0.2) is 0 Å². The Morgan fingerprint density at radius 2 is 1.53 bits per heavy atom. The minimum atomic E-state index is 0.117. The summed E-state index contributed by atoms with van der Waals surface area (Å²) in [7, 11) is 0. The predicted octanol–water partition coefficient (Wildman–Crippen LogP) is 8.30. The first-order valence-electron chi connectivity index (χ1n) is 14.6. The third kappa shape index (κ3) is 12.7. The zero-order valence-electron chi connectivity index (χ0n) is 21.9. The number of nitrogens with zero attached hydrogens (tertiary/aromatic N) is 1. The maximum Gasteiger partial charge on any atom is 0.168 e. The Hall–Kier alpha value is -0.920. The summed E-state index contributed by atoms with van der Waals surface area (Å²) in [5.74, 6) is 0.443. The SMILES string of the molecule is [CH2]CCCCCCCCC(C#N)CCCCC(=O)[C]1OC2CCCCCCC1COCCCC2. The normalized spacial score (nSPS) is 23.8. The molecule has 3 unspecified atom stereocenters. The van der Waals surface area contributed by atoms with Crippen molar-refractivity contribution >= 4 is 5.78 Å². The average Bonchev–Trinajstić information content (AvgIpc) is 2.86. The van der Waals surface area contributed by atoms with Crippen molar-refractivity contribution in [2.45, 2.75) is 141 Å². The van der Waals surface area contributed by atoms with Crippen molar-refractivity contribution in [3.05, 3.63) is 13.0 Å². The summed E-state index contributed by atoms with van der Waals surface area (Å²) >= 11 is 0. The third-order valence-corrected chi connectivity index (χ3v) is 7.59. The number of ether oxygens (including phenoxy) is 2. The number of hydrogen-bond donors (Lipinski definition) is 0. The van der Waals surface area contributed by atoms with Gasteiger partial charge in [-0.05, 0) is 51.4 Å². The van der Waals surface area contributed by atoms with E-state index in [4.69, 9.17) is 9.47 Å². The van der Waals surface area contributed by atoms with Gasteiger partial charge in [0.15, 0.2) is 11.9 Å². The number of rotatable bonds is 14. The lowest BCUT2D eigenvalue weighted by molar-refractivity contribution is -0.129. The van der Waals surface area contributed by atoms with Crippen LogP contribution in [0, 0.1) is 36.2 Å². The summed E-state index contributed by atoms with van der Waals surface area (Å²) in [4.78, 5) is 13.3. The van der Waals surface area contributed by atoms with Crippen molar-refractivity contribution in [1.82, 2.24) is 0 Å². The number of unbranched alkanes of at least 4 members (excludes halogenated alkanes) is 7. The molecule has 2 bridgehead atoms. The van der Waals surface area contributed by atoms with Crippen molar-refractivity contribution in [3.63, 3.8) is 0 Å². The lowest BCUT2D eigenvalue weighted by Gasteiger charge is -2.31. The van der Waals surface area contributed by atoms with E-state index in [2.05, 4.69) is 13.0 Å². The second kappa shape index (κ2) is 19.3. The first-order chi connectivity index (χ1) is 16.7. The van der Waals surface area contributed by atoms with Gasteiger partial charge in [0.2, 0.25) is 0 Å². The average molecular weight is 474 g/mol. The Bertz CT molecular complexity index is 542. The highest BCUT2D eigenvalue weighted by molar-refractivity contribution is 5.90. The van der Waals surface area contributed by atoms with E-state index in [0.717, 1.165) is 83.7 Å². The molecule has 2 saturated heterocycles. The van der Waals surface area contributed by atoms with E-state index in [9.17, 15) is 10.1 Å². The topological polar surface area (TPSA) is 59.3 Å². The minimum absolute atomic E-state index is 0.117. The molecule has 0 aromatic carbocycles. The van der Waals surface area contributed by atoms with Gasteiger partial charge in [-0.2, -0.15) is 5.26 Å². The molecule has 2 radical (unpaired) electrons. The fourth-order valence-electron chi connectivity index (χ4n) is 5.39. The molecule has 0 aromatic rings. The molecular formula is C30H51NO3. The first-order valence-corrected chi connectivity index (χ1v) is 14.6. The molecule has 2 heterocycles. The van der Waals surface area contributed by atoms with E-state index >= 15 is 0 Å².